The van der Waals surface area contributed by atoms with Crippen LogP contribution in [0.25, 0.3) is 0 Å². The minimum atomic E-state index is -4.53. The van der Waals surface area contributed by atoms with Crippen molar-refractivity contribution in [3.8, 4) is 0 Å². The smallest absolute Gasteiger partial charge is 0.433 e. The fourth-order valence-corrected chi connectivity index (χ4v) is 4.67. The van der Waals surface area contributed by atoms with Crippen LogP contribution in [0.3, 0.4) is 0 Å². The molecule has 0 saturated carbocycles. The Morgan fingerprint density at radius 1 is 1.07 bits per heavy atom. The molecule has 1 saturated heterocycles. The summed E-state index contributed by atoms with van der Waals surface area (Å²) in [7, 11) is 0. The first-order chi connectivity index (χ1) is 19.2. The Morgan fingerprint density at radius 2 is 1.82 bits per heavy atom. The predicted octanol–water partition coefficient (Wildman–Crippen LogP) is 5.78. The molecule has 3 aliphatic rings. The summed E-state index contributed by atoms with van der Waals surface area (Å²) >= 11 is 0. The number of aromatic nitrogens is 2. The number of halogens is 5. The number of aliphatic imine (C=N–C) groups is 1. The number of alkyl halides is 3. The van der Waals surface area contributed by atoms with E-state index in [1.54, 1.807) is 23.1 Å². The van der Waals surface area contributed by atoms with E-state index in [0.717, 1.165) is 12.3 Å². The van der Waals surface area contributed by atoms with Gasteiger partial charge in [-0.2, -0.15) is 13.2 Å². The maximum Gasteiger partial charge on any atom is 0.433 e. The van der Waals surface area contributed by atoms with Crippen LogP contribution in [-0.2, 0) is 6.18 Å². The van der Waals surface area contributed by atoms with E-state index in [9.17, 15) is 27.1 Å². The molecular formula is C28H25F5N6O. The molecule has 2 aromatic rings. The zero-order valence-corrected chi connectivity index (χ0v) is 21.3. The summed E-state index contributed by atoms with van der Waals surface area (Å²) in [6.07, 6.45) is 4.75. The average Bonchev–Trinajstić information content (AvgIpc) is 3.36. The van der Waals surface area contributed by atoms with Gasteiger partial charge in [-0.25, -0.2) is 18.7 Å². The molecule has 1 fully saturated rings. The van der Waals surface area contributed by atoms with Crippen molar-refractivity contribution in [2.24, 2.45) is 16.0 Å². The van der Waals surface area contributed by atoms with E-state index in [2.05, 4.69) is 20.1 Å². The third kappa shape index (κ3) is 6.49. The number of azo groups is 2. The summed E-state index contributed by atoms with van der Waals surface area (Å²) in [6, 6.07) is 6.51. The Bertz CT molecular complexity index is 1450. The van der Waals surface area contributed by atoms with Crippen molar-refractivity contribution in [2.75, 3.05) is 18.0 Å². The SMILES string of the molecule is [O-]C(=C[N+]1=NC(c2ccc(F)cc2)=NC1=C1C=CC(F)=CC1)CCC1CCN(c2nccc(C(F)(F)F)n2)CC1. The van der Waals surface area contributed by atoms with Gasteiger partial charge >= 0.3 is 17.8 Å². The van der Waals surface area contributed by atoms with Gasteiger partial charge in [0.25, 0.3) is 0 Å². The number of amidine groups is 1. The second-order valence-corrected chi connectivity index (χ2v) is 9.67. The van der Waals surface area contributed by atoms with E-state index >= 15 is 0 Å². The lowest BCUT2D eigenvalue weighted by molar-refractivity contribution is -0.477. The van der Waals surface area contributed by atoms with Gasteiger partial charge < -0.3 is 10.0 Å². The van der Waals surface area contributed by atoms with E-state index in [0.29, 0.717) is 55.1 Å². The number of hydrogen-bond donors (Lipinski definition) is 0. The summed E-state index contributed by atoms with van der Waals surface area (Å²) in [6.45, 7) is 0.986. The van der Waals surface area contributed by atoms with Crippen LogP contribution in [-0.4, -0.2) is 33.6 Å². The van der Waals surface area contributed by atoms with Crippen LogP contribution < -0.4 is 10.0 Å². The molecule has 1 aliphatic carbocycles. The molecule has 0 unspecified atom stereocenters. The molecule has 1 aromatic carbocycles. The summed E-state index contributed by atoms with van der Waals surface area (Å²) in [5.74, 6) is 0.0251. The monoisotopic (exact) mass is 556 g/mol. The van der Waals surface area contributed by atoms with Crippen LogP contribution in [0.4, 0.5) is 27.9 Å². The van der Waals surface area contributed by atoms with Gasteiger partial charge in [0.2, 0.25) is 5.95 Å². The fourth-order valence-electron chi connectivity index (χ4n) is 4.67. The third-order valence-electron chi connectivity index (χ3n) is 6.88. The standard InChI is InChI=1S/C28H25F5N6O/c29-21-6-2-19(3-7-21)25-36-26(20-4-8-22(30)9-5-20)39(37-25)17-23(40)10-1-18-12-15-38(16-13-18)27-34-14-11-24(35-27)28(31,32)33/h2-4,6-9,11,14,17-18H,1,5,10,12-13,15-16H2. The van der Waals surface area contributed by atoms with Gasteiger partial charge in [0.05, 0.1) is 5.57 Å². The van der Waals surface area contributed by atoms with E-state index in [1.807, 2.05) is 0 Å². The second-order valence-electron chi connectivity index (χ2n) is 9.67. The lowest BCUT2D eigenvalue weighted by Crippen LogP contribution is -2.35. The summed E-state index contributed by atoms with van der Waals surface area (Å²) in [5.41, 5.74) is 0.273. The van der Waals surface area contributed by atoms with Gasteiger partial charge in [-0.3, -0.25) is 0 Å². The summed E-state index contributed by atoms with van der Waals surface area (Å²) < 4.78 is 67.3. The number of benzene rings is 1. The number of piperidine rings is 1. The Hall–Kier alpha value is -4.22. The molecule has 1 aromatic heterocycles. The van der Waals surface area contributed by atoms with Gasteiger partial charge in [-0.1, -0.05) is 10.5 Å². The predicted molar refractivity (Wildman–Crippen MR) is 135 cm³/mol. The topological polar surface area (TPSA) is 79.8 Å². The number of anilines is 1. The average molecular weight is 557 g/mol. The van der Waals surface area contributed by atoms with Crippen LogP contribution in [0.5, 0.6) is 0 Å². The van der Waals surface area contributed by atoms with Gasteiger partial charge in [-0.05, 0) is 90.3 Å². The molecule has 208 valence electrons. The third-order valence-corrected chi connectivity index (χ3v) is 6.88. The first kappa shape index (κ1) is 27.4. The fraction of sp³-hybridized carbons (Fsp3) is 0.321. The molecule has 2 aliphatic heterocycles. The Morgan fingerprint density at radius 3 is 2.50 bits per heavy atom. The summed E-state index contributed by atoms with van der Waals surface area (Å²) in [4.78, 5) is 13.9. The van der Waals surface area contributed by atoms with Crippen LogP contribution in [0, 0.1) is 11.7 Å². The van der Waals surface area contributed by atoms with E-state index in [1.165, 1.54) is 35.2 Å². The van der Waals surface area contributed by atoms with Crippen molar-refractivity contribution in [1.29, 1.82) is 0 Å². The molecule has 5 rings (SSSR count). The van der Waals surface area contributed by atoms with E-state index in [4.69, 9.17) is 0 Å². The van der Waals surface area contributed by atoms with Crippen molar-refractivity contribution in [2.45, 2.75) is 38.3 Å². The number of rotatable bonds is 6. The highest BCUT2D eigenvalue weighted by atomic mass is 19.4. The molecule has 0 spiro atoms. The van der Waals surface area contributed by atoms with Crippen LogP contribution in [0.1, 0.15) is 43.4 Å². The van der Waals surface area contributed by atoms with Gasteiger partial charge in [0.1, 0.15) is 23.5 Å². The highest BCUT2D eigenvalue weighted by Gasteiger charge is 2.34. The molecule has 40 heavy (non-hydrogen) atoms. The zero-order chi connectivity index (χ0) is 28.3. The molecule has 12 heteroatoms. The minimum absolute atomic E-state index is 0.0531. The van der Waals surface area contributed by atoms with Crippen molar-refractivity contribution < 1.29 is 31.8 Å². The lowest BCUT2D eigenvalue weighted by atomic mass is 9.92. The zero-order valence-electron chi connectivity index (χ0n) is 21.3. The van der Waals surface area contributed by atoms with Crippen molar-refractivity contribution in [3.63, 3.8) is 0 Å². The van der Waals surface area contributed by atoms with Crippen molar-refractivity contribution >= 4 is 11.8 Å². The normalized spacial score (nSPS) is 20.5. The Labute approximate surface area is 227 Å². The molecule has 0 atom stereocenters. The maximum atomic E-state index is 13.5. The van der Waals surface area contributed by atoms with Crippen LogP contribution in [0.2, 0.25) is 0 Å². The second kappa shape index (κ2) is 11.5. The van der Waals surface area contributed by atoms with Gasteiger partial charge in [-0.15, -0.1) is 0 Å². The Balaban J connectivity index is 1.24. The van der Waals surface area contributed by atoms with E-state index in [-0.39, 0.29) is 36.3 Å². The van der Waals surface area contributed by atoms with Gasteiger partial charge in [0, 0.05) is 31.3 Å². The highest BCUT2D eigenvalue weighted by molar-refractivity contribution is 6.00. The molecule has 0 radical (unpaired) electrons. The van der Waals surface area contributed by atoms with Crippen LogP contribution >= 0.6 is 0 Å². The largest absolute Gasteiger partial charge is 0.873 e. The first-order valence-corrected chi connectivity index (χ1v) is 12.8. The summed E-state index contributed by atoms with van der Waals surface area (Å²) in [5, 5.41) is 17.4. The number of allylic oxidation sites excluding steroid dienone is 6. The first-order valence-electron chi connectivity index (χ1n) is 12.8. The lowest BCUT2D eigenvalue weighted by Gasteiger charge is -2.32. The quantitative estimate of drug-likeness (QED) is 0.257. The Kier molecular flexibility index (Phi) is 7.85. The molecule has 7 nitrogen and oxygen atoms in total. The molecule has 0 N–H and O–H groups in total. The van der Waals surface area contributed by atoms with Crippen molar-refractivity contribution in [3.05, 3.63) is 101 Å². The van der Waals surface area contributed by atoms with E-state index < -0.39 is 17.7 Å². The van der Waals surface area contributed by atoms with Gasteiger partial charge in [0.15, 0.2) is 0 Å². The highest BCUT2D eigenvalue weighted by Crippen LogP contribution is 2.30. The maximum absolute atomic E-state index is 13.5. The molecule has 0 bridgehead atoms. The van der Waals surface area contributed by atoms with Crippen molar-refractivity contribution in [1.82, 2.24) is 9.97 Å². The molecular weight excluding hydrogens is 531 g/mol. The molecule has 0 amide bonds. The number of nitrogens with zero attached hydrogens (tertiary/aromatic N) is 6. The van der Waals surface area contributed by atoms with Crippen LogP contribution in [0.15, 0.2) is 94.0 Å². The minimum Gasteiger partial charge on any atom is -0.873 e. The molecule has 3 heterocycles. The number of hydrogen-bond acceptors (Lipinski definition) is 6.